The molecule has 1 aromatic carbocycles. The van der Waals surface area contributed by atoms with Crippen molar-refractivity contribution in [1.29, 1.82) is 0 Å². The number of halogens is 1. The molecule has 1 amide bonds. The molecule has 0 radical (unpaired) electrons. The van der Waals surface area contributed by atoms with Gasteiger partial charge in [0.25, 0.3) is 5.91 Å². The zero-order chi connectivity index (χ0) is 19.8. The fraction of sp³-hybridized carbons (Fsp3) is 0.350. The molecule has 28 heavy (non-hydrogen) atoms. The molecule has 3 heterocycles. The van der Waals surface area contributed by atoms with Crippen molar-refractivity contribution >= 4 is 23.1 Å². The molecule has 2 unspecified atom stereocenters. The first kappa shape index (κ1) is 18.4. The summed E-state index contributed by atoms with van der Waals surface area (Å²) in [5.41, 5.74) is 2.31. The molecule has 2 aromatic heterocycles. The number of benzene rings is 1. The van der Waals surface area contributed by atoms with Gasteiger partial charge in [-0.15, -0.1) is 0 Å². The van der Waals surface area contributed by atoms with Crippen molar-refractivity contribution in [2.45, 2.75) is 32.9 Å². The minimum atomic E-state index is -0.548. The largest absolute Gasteiger partial charge is 0.368 e. The average Bonchev–Trinajstić information content (AvgIpc) is 3.00. The smallest absolute Gasteiger partial charge is 0.259 e. The lowest BCUT2D eigenvalue weighted by atomic mass is 10.1. The van der Waals surface area contributed by atoms with Crippen LogP contribution in [-0.4, -0.2) is 45.4 Å². The highest BCUT2D eigenvalue weighted by Gasteiger charge is 2.22. The summed E-state index contributed by atoms with van der Waals surface area (Å²) < 4.78 is 16.4. The van der Waals surface area contributed by atoms with Gasteiger partial charge in [0.05, 0.1) is 23.7 Å². The van der Waals surface area contributed by atoms with Crippen LogP contribution in [0.5, 0.6) is 0 Å². The predicted molar refractivity (Wildman–Crippen MR) is 106 cm³/mol. The Morgan fingerprint density at radius 1 is 1.25 bits per heavy atom. The maximum atomic E-state index is 14.7. The maximum Gasteiger partial charge on any atom is 0.259 e. The lowest BCUT2D eigenvalue weighted by Gasteiger charge is -2.37. The third-order valence-electron chi connectivity index (χ3n) is 4.82. The second-order valence-electron chi connectivity index (χ2n) is 7.41. The van der Waals surface area contributed by atoms with E-state index < -0.39 is 11.7 Å². The van der Waals surface area contributed by atoms with Crippen molar-refractivity contribution < 1.29 is 9.18 Å². The van der Waals surface area contributed by atoms with Crippen LogP contribution in [0, 0.1) is 12.7 Å². The van der Waals surface area contributed by atoms with Crippen LogP contribution in [0.1, 0.15) is 29.9 Å². The van der Waals surface area contributed by atoms with E-state index in [9.17, 15) is 9.18 Å². The van der Waals surface area contributed by atoms with Crippen LogP contribution in [0.4, 0.5) is 15.9 Å². The first-order valence-corrected chi connectivity index (χ1v) is 9.32. The molecule has 2 N–H and O–H groups in total. The summed E-state index contributed by atoms with van der Waals surface area (Å²) in [5.74, 6) is -0.744. The van der Waals surface area contributed by atoms with Crippen molar-refractivity contribution in [3.8, 4) is 0 Å². The number of aromatic nitrogens is 3. The van der Waals surface area contributed by atoms with Crippen LogP contribution in [0.2, 0.25) is 0 Å². The van der Waals surface area contributed by atoms with Gasteiger partial charge in [0.1, 0.15) is 11.6 Å². The Morgan fingerprint density at radius 2 is 2.00 bits per heavy atom. The van der Waals surface area contributed by atoms with E-state index in [-0.39, 0.29) is 5.56 Å². The molecule has 1 saturated heterocycles. The van der Waals surface area contributed by atoms with E-state index in [1.165, 1.54) is 12.1 Å². The summed E-state index contributed by atoms with van der Waals surface area (Å²) in [4.78, 5) is 23.1. The van der Waals surface area contributed by atoms with E-state index in [1.54, 1.807) is 22.9 Å². The Hall–Kier alpha value is -3.00. The van der Waals surface area contributed by atoms with E-state index in [0.29, 0.717) is 23.5 Å². The number of hydrogen-bond acceptors (Lipinski definition) is 5. The van der Waals surface area contributed by atoms with Gasteiger partial charge in [-0.2, -0.15) is 0 Å². The highest BCUT2D eigenvalue weighted by Crippen LogP contribution is 2.22. The van der Waals surface area contributed by atoms with Crippen LogP contribution in [0.3, 0.4) is 0 Å². The zero-order valence-electron chi connectivity index (χ0n) is 16.1. The van der Waals surface area contributed by atoms with Crippen molar-refractivity contribution in [3.63, 3.8) is 0 Å². The number of carbonyl (C=O) groups excluding carboxylic acids is 1. The molecule has 4 rings (SSSR count). The summed E-state index contributed by atoms with van der Waals surface area (Å²) in [5, 5.41) is 6.10. The van der Waals surface area contributed by atoms with E-state index in [1.807, 2.05) is 13.1 Å². The number of imidazole rings is 1. The third kappa shape index (κ3) is 3.68. The highest BCUT2D eigenvalue weighted by molar-refractivity contribution is 6.04. The lowest BCUT2D eigenvalue weighted by molar-refractivity contribution is 0.102. The normalized spacial score (nSPS) is 19.8. The van der Waals surface area contributed by atoms with Crippen molar-refractivity contribution in [2.75, 3.05) is 23.3 Å². The average molecular weight is 382 g/mol. The number of fused-ring (bicyclic) bond motifs is 1. The van der Waals surface area contributed by atoms with Crippen LogP contribution in [-0.2, 0) is 0 Å². The SMILES string of the molecule is Cc1cn2cc(NC(=O)c3ccc(N4CC(C)NC(C)C4)cc3F)ncc2n1. The Bertz CT molecular complexity index is 1020. The molecule has 2 atom stereocenters. The summed E-state index contributed by atoms with van der Waals surface area (Å²) in [6.45, 7) is 7.67. The minimum absolute atomic E-state index is 0.0105. The number of amides is 1. The standard InChI is InChI=1S/C20H23FN6O/c1-12-8-26(9-13(2)23-12)15-4-5-16(17(21)6-15)20(28)25-18-11-27-10-14(3)24-19(27)7-22-18/h4-7,10-13,23H,8-9H2,1-3H3,(H,25,28). The summed E-state index contributed by atoms with van der Waals surface area (Å²) in [7, 11) is 0. The quantitative estimate of drug-likeness (QED) is 0.728. The monoisotopic (exact) mass is 382 g/mol. The van der Waals surface area contributed by atoms with Gasteiger partial charge in [0.2, 0.25) is 0 Å². The first-order valence-electron chi connectivity index (χ1n) is 9.32. The topological polar surface area (TPSA) is 74.6 Å². The molecule has 1 aliphatic heterocycles. The van der Waals surface area contributed by atoms with Crippen LogP contribution < -0.4 is 15.5 Å². The van der Waals surface area contributed by atoms with Crippen molar-refractivity contribution in [3.05, 3.63) is 53.9 Å². The molecule has 0 saturated carbocycles. The molecular weight excluding hydrogens is 359 g/mol. The molecule has 1 fully saturated rings. The van der Waals surface area contributed by atoms with Gasteiger partial charge in [0, 0.05) is 37.1 Å². The van der Waals surface area contributed by atoms with Crippen LogP contribution >= 0.6 is 0 Å². The Labute approximate surface area is 162 Å². The number of piperazine rings is 1. The van der Waals surface area contributed by atoms with Gasteiger partial charge < -0.3 is 19.9 Å². The van der Waals surface area contributed by atoms with Gasteiger partial charge in [-0.1, -0.05) is 0 Å². The van der Waals surface area contributed by atoms with E-state index in [2.05, 4.69) is 39.3 Å². The maximum absolute atomic E-state index is 14.7. The van der Waals surface area contributed by atoms with Crippen molar-refractivity contribution in [1.82, 2.24) is 19.7 Å². The first-order chi connectivity index (χ1) is 13.4. The Morgan fingerprint density at radius 3 is 2.71 bits per heavy atom. The number of carbonyl (C=O) groups is 1. The molecule has 3 aromatic rings. The number of nitrogens with one attached hydrogen (secondary N) is 2. The zero-order valence-corrected chi connectivity index (χ0v) is 16.1. The second kappa shape index (κ2) is 7.20. The van der Waals surface area contributed by atoms with Crippen molar-refractivity contribution in [2.24, 2.45) is 0 Å². The summed E-state index contributed by atoms with van der Waals surface area (Å²) in [6, 6.07) is 5.39. The number of hydrogen-bond donors (Lipinski definition) is 2. The molecule has 0 bridgehead atoms. The highest BCUT2D eigenvalue weighted by atomic mass is 19.1. The van der Waals surface area contributed by atoms with Gasteiger partial charge in [0.15, 0.2) is 5.65 Å². The lowest BCUT2D eigenvalue weighted by Crippen LogP contribution is -2.54. The van der Waals surface area contributed by atoms with Gasteiger partial charge in [-0.3, -0.25) is 4.79 Å². The van der Waals surface area contributed by atoms with Crippen LogP contribution in [0.15, 0.2) is 36.8 Å². The van der Waals surface area contributed by atoms with Crippen LogP contribution in [0.25, 0.3) is 5.65 Å². The number of anilines is 2. The molecule has 7 nitrogen and oxygen atoms in total. The number of nitrogens with zero attached hydrogens (tertiary/aromatic N) is 4. The Balaban J connectivity index is 1.52. The van der Waals surface area contributed by atoms with Gasteiger partial charge in [-0.05, 0) is 39.0 Å². The number of rotatable bonds is 3. The molecule has 8 heteroatoms. The predicted octanol–water partition coefficient (Wildman–Crippen LogP) is 2.62. The molecule has 0 aliphatic carbocycles. The second-order valence-corrected chi connectivity index (χ2v) is 7.41. The Kier molecular flexibility index (Phi) is 4.72. The fourth-order valence-corrected chi connectivity index (χ4v) is 3.70. The summed E-state index contributed by atoms with van der Waals surface area (Å²) >= 11 is 0. The molecular formula is C20H23FN6O. The van der Waals surface area contributed by atoms with Gasteiger partial charge >= 0.3 is 0 Å². The summed E-state index contributed by atoms with van der Waals surface area (Å²) in [6.07, 6.45) is 5.05. The van der Waals surface area contributed by atoms with E-state index in [4.69, 9.17) is 0 Å². The minimum Gasteiger partial charge on any atom is -0.368 e. The number of aryl methyl sites for hydroxylation is 1. The molecule has 146 valence electrons. The van der Waals surface area contributed by atoms with Gasteiger partial charge in [-0.25, -0.2) is 14.4 Å². The fourth-order valence-electron chi connectivity index (χ4n) is 3.70. The molecule has 1 aliphatic rings. The third-order valence-corrected chi connectivity index (χ3v) is 4.82. The molecule has 0 spiro atoms. The van der Waals surface area contributed by atoms with E-state index in [0.717, 1.165) is 24.5 Å². The van der Waals surface area contributed by atoms with E-state index >= 15 is 0 Å².